The Morgan fingerprint density at radius 2 is 2.06 bits per heavy atom. The van der Waals surface area contributed by atoms with E-state index in [1.165, 1.54) is 11.8 Å². The van der Waals surface area contributed by atoms with Gasteiger partial charge in [-0.2, -0.15) is 5.26 Å². The van der Waals surface area contributed by atoms with Crippen LogP contribution < -0.4 is 10.9 Å². The van der Waals surface area contributed by atoms with Crippen LogP contribution in [0.1, 0.15) is 32.8 Å². The number of amides is 1. The van der Waals surface area contributed by atoms with Crippen LogP contribution in [0.4, 0.5) is 5.69 Å². The highest BCUT2D eigenvalue weighted by atomic mass is 35.5. The van der Waals surface area contributed by atoms with Crippen LogP contribution in [-0.2, 0) is 16.1 Å². The van der Waals surface area contributed by atoms with Crippen LogP contribution in [0.3, 0.4) is 0 Å². The molecular formula is C24H25ClN4O3S. The summed E-state index contributed by atoms with van der Waals surface area (Å²) in [6.45, 7) is 6.59. The Morgan fingerprint density at radius 3 is 2.79 bits per heavy atom. The van der Waals surface area contributed by atoms with Gasteiger partial charge >= 0.3 is 0 Å². The lowest BCUT2D eigenvalue weighted by Gasteiger charge is -2.17. The number of nitrogens with zero attached hydrogens (tertiary/aromatic N) is 3. The number of hydrogen-bond acceptors (Lipinski definition) is 6. The lowest BCUT2D eigenvalue weighted by molar-refractivity contribution is -0.115. The van der Waals surface area contributed by atoms with Gasteiger partial charge in [-0.05, 0) is 63.6 Å². The molecule has 1 atom stereocenters. The predicted molar refractivity (Wildman–Crippen MR) is 132 cm³/mol. The molecule has 0 aliphatic rings. The van der Waals surface area contributed by atoms with E-state index in [2.05, 4.69) is 16.4 Å². The zero-order chi connectivity index (χ0) is 24.0. The summed E-state index contributed by atoms with van der Waals surface area (Å²) in [4.78, 5) is 30.6. The second kappa shape index (κ2) is 11.3. The summed E-state index contributed by atoms with van der Waals surface area (Å²) in [7, 11) is 0. The maximum Gasteiger partial charge on any atom is 0.262 e. The Bertz CT molecular complexity index is 1250. The number of fused-ring (bicyclic) bond motifs is 1. The highest BCUT2D eigenvalue weighted by Gasteiger charge is 2.20. The van der Waals surface area contributed by atoms with Gasteiger partial charge in [0.05, 0.1) is 33.9 Å². The van der Waals surface area contributed by atoms with Crippen molar-refractivity contribution in [1.29, 1.82) is 5.26 Å². The van der Waals surface area contributed by atoms with Crippen molar-refractivity contribution >= 4 is 45.9 Å². The third kappa shape index (κ3) is 6.57. The third-order valence-corrected chi connectivity index (χ3v) is 6.10. The number of ether oxygens (including phenoxy) is 1. The van der Waals surface area contributed by atoms with Gasteiger partial charge in [-0.15, -0.1) is 0 Å². The molecular weight excluding hydrogens is 460 g/mol. The van der Waals surface area contributed by atoms with Gasteiger partial charge in [0.1, 0.15) is 0 Å². The minimum Gasteiger partial charge on any atom is -0.379 e. The molecule has 1 unspecified atom stereocenters. The molecule has 0 radical (unpaired) electrons. The fraction of sp³-hybridized carbons (Fsp3) is 0.333. The van der Waals surface area contributed by atoms with E-state index in [1.807, 2.05) is 13.8 Å². The van der Waals surface area contributed by atoms with Gasteiger partial charge in [0.15, 0.2) is 5.16 Å². The topological polar surface area (TPSA) is 97.0 Å². The predicted octanol–water partition coefficient (Wildman–Crippen LogP) is 4.86. The van der Waals surface area contributed by atoms with Gasteiger partial charge in [-0.3, -0.25) is 14.2 Å². The summed E-state index contributed by atoms with van der Waals surface area (Å²) in [6, 6.07) is 13.7. The molecule has 0 bridgehead atoms. The molecule has 172 valence electrons. The minimum atomic E-state index is -0.544. The van der Waals surface area contributed by atoms with Gasteiger partial charge in [0.25, 0.3) is 5.56 Å². The van der Waals surface area contributed by atoms with Crippen molar-refractivity contribution in [2.24, 2.45) is 0 Å². The molecule has 7 nitrogen and oxygen atoms in total. The van der Waals surface area contributed by atoms with Gasteiger partial charge in [0, 0.05) is 23.9 Å². The number of carbonyl (C=O) groups excluding carboxylic acids is 1. The second-order valence-corrected chi connectivity index (χ2v) is 9.47. The first-order valence-corrected chi connectivity index (χ1v) is 11.8. The standard InChI is InChI=1S/C24H25ClN4O3S/c1-15(2)32-11-5-10-29-23(31)20-9-8-18(25)13-21(20)28-24(29)33-16(3)22(30)27-19-7-4-6-17(12-19)14-26/h4,6-9,12-13,15-16H,5,10-11H2,1-3H3,(H,27,30). The number of rotatable bonds is 9. The molecule has 2 aromatic carbocycles. The zero-order valence-corrected chi connectivity index (χ0v) is 20.2. The van der Waals surface area contributed by atoms with Crippen LogP contribution in [0.25, 0.3) is 10.9 Å². The van der Waals surface area contributed by atoms with Crippen LogP contribution >= 0.6 is 23.4 Å². The van der Waals surface area contributed by atoms with Crippen LogP contribution in [0.2, 0.25) is 5.02 Å². The summed E-state index contributed by atoms with van der Waals surface area (Å²) in [5, 5.41) is 12.7. The van der Waals surface area contributed by atoms with Gasteiger partial charge in [-0.1, -0.05) is 29.4 Å². The molecule has 0 saturated heterocycles. The van der Waals surface area contributed by atoms with Crippen molar-refractivity contribution < 1.29 is 9.53 Å². The SMILES string of the molecule is CC(C)OCCCn1c(SC(C)C(=O)Nc2cccc(C#N)c2)nc2cc(Cl)ccc2c1=O. The van der Waals surface area contributed by atoms with Crippen LogP contribution in [0.15, 0.2) is 52.4 Å². The Hall–Kier alpha value is -2.86. The van der Waals surface area contributed by atoms with E-state index in [0.717, 1.165) is 0 Å². The number of anilines is 1. The lowest BCUT2D eigenvalue weighted by Crippen LogP contribution is -2.27. The van der Waals surface area contributed by atoms with E-state index in [-0.39, 0.29) is 17.6 Å². The summed E-state index contributed by atoms with van der Waals surface area (Å²) in [5.74, 6) is -0.259. The lowest BCUT2D eigenvalue weighted by atomic mass is 10.2. The first-order valence-electron chi connectivity index (χ1n) is 10.6. The third-order valence-electron chi connectivity index (χ3n) is 4.77. The number of benzene rings is 2. The van der Waals surface area contributed by atoms with E-state index in [1.54, 1.807) is 54.0 Å². The van der Waals surface area contributed by atoms with Gasteiger partial charge in [-0.25, -0.2) is 4.98 Å². The Balaban J connectivity index is 1.85. The fourth-order valence-electron chi connectivity index (χ4n) is 3.12. The van der Waals surface area contributed by atoms with Crippen LogP contribution in [0, 0.1) is 11.3 Å². The van der Waals surface area contributed by atoms with Crippen LogP contribution in [-0.4, -0.2) is 33.4 Å². The molecule has 0 aliphatic heterocycles. The van der Waals surface area contributed by atoms with Gasteiger partial charge in [0.2, 0.25) is 5.91 Å². The normalized spacial score (nSPS) is 12.0. The number of aromatic nitrogens is 2. The first-order chi connectivity index (χ1) is 15.8. The maximum absolute atomic E-state index is 13.2. The van der Waals surface area contributed by atoms with Crippen molar-refractivity contribution in [3.8, 4) is 6.07 Å². The second-order valence-electron chi connectivity index (χ2n) is 7.73. The summed E-state index contributed by atoms with van der Waals surface area (Å²) < 4.78 is 7.19. The number of halogens is 1. The summed E-state index contributed by atoms with van der Waals surface area (Å²) in [6.07, 6.45) is 0.740. The molecule has 3 rings (SSSR count). The molecule has 1 N–H and O–H groups in total. The molecule has 1 amide bonds. The average Bonchev–Trinajstić information content (AvgIpc) is 2.78. The minimum absolute atomic E-state index is 0.107. The van der Waals surface area contributed by atoms with E-state index < -0.39 is 5.25 Å². The molecule has 0 aliphatic carbocycles. The van der Waals surface area contributed by atoms with E-state index in [9.17, 15) is 9.59 Å². The molecule has 33 heavy (non-hydrogen) atoms. The summed E-state index contributed by atoms with van der Waals surface area (Å²) >= 11 is 7.30. The largest absolute Gasteiger partial charge is 0.379 e. The van der Waals surface area contributed by atoms with Crippen molar-refractivity contribution in [3.05, 3.63) is 63.4 Å². The van der Waals surface area contributed by atoms with Gasteiger partial charge < -0.3 is 10.1 Å². The van der Waals surface area contributed by atoms with E-state index >= 15 is 0 Å². The first kappa shape index (κ1) is 24.8. The maximum atomic E-state index is 13.2. The number of nitrogens with one attached hydrogen (secondary N) is 1. The molecule has 0 fully saturated rings. The molecule has 0 spiro atoms. The smallest absolute Gasteiger partial charge is 0.262 e. The zero-order valence-electron chi connectivity index (χ0n) is 18.7. The quantitative estimate of drug-likeness (QED) is 0.265. The molecule has 9 heteroatoms. The number of nitriles is 1. The van der Waals surface area contributed by atoms with Crippen LogP contribution in [0.5, 0.6) is 0 Å². The molecule has 3 aromatic rings. The van der Waals surface area contributed by atoms with Crippen molar-refractivity contribution in [2.75, 3.05) is 11.9 Å². The average molecular weight is 485 g/mol. The highest BCUT2D eigenvalue weighted by Crippen LogP contribution is 2.25. The van der Waals surface area contributed by atoms with Crippen molar-refractivity contribution in [1.82, 2.24) is 9.55 Å². The monoisotopic (exact) mass is 484 g/mol. The molecule has 1 aromatic heterocycles. The Morgan fingerprint density at radius 1 is 1.27 bits per heavy atom. The summed E-state index contributed by atoms with van der Waals surface area (Å²) in [5.41, 5.74) is 1.30. The van der Waals surface area contributed by atoms with Crippen molar-refractivity contribution in [3.63, 3.8) is 0 Å². The van der Waals surface area contributed by atoms with E-state index in [4.69, 9.17) is 21.6 Å². The van der Waals surface area contributed by atoms with Crippen molar-refractivity contribution in [2.45, 2.75) is 50.2 Å². The highest BCUT2D eigenvalue weighted by molar-refractivity contribution is 8.00. The number of hydrogen-bond donors (Lipinski definition) is 1. The number of thioether (sulfide) groups is 1. The Labute approximate surface area is 201 Å². The number of carbonyl (C=O) groups is 1. The van der Waals surface area contributed by atoms with E-state index in [0.29, 0.717) is 51.9 Å². The Kier molecular flexibility index (Phi) is 8.50. The fourth-order valence-corrected chi connectivity index (χ4v) is 4.23. The molecule has 1 heterocycles. The molecule has 0 saturated carbocycles.